The Labute approximate surface area is 137 Å². The maximum Gasteiger partial charge on any atom is 0.255 e. The molecule has 0 unspecified atom stereocenters. The number of nitrogens with one attached hydrogen (secondary N) is 1. The average molecular weight is 360 g/mol. The highest BCUT2D eigenvalue weighted by Gasteiger charge is 2.31. The molecule has 0 atom stereocenters. The first-order chi connectivity index (χ1) is 10.5. The largest absolute Gasteiger partial charge is 0.367 e. The minimum Gasteiger partial charge on any atom is -0.367 e. The van der Waals surface area contributed by atoms with Crippen LogP contribution >= 0.6 is 22.9 Å². The number of piperazine rings is 1. The lowest BCUT2D eigenvalue weighted by Gasteiger charge is -2.33. The van der Waals surface area contributed by atoms with Crippen LogP contribution in [0.25, 0.3) is 0 Å². The van der Waals surface area contributed by atoms with Crippen molar-refractivity contribution in [3.05, 3.63) is 40.5 Å². The van der Waals surface area contributed by atoms with Crippen molar-refractivity contribution in [2.45, 2.75) is 4.21 Å². The molecule has 0 spiro atoms. The minimum atomic E-state index is -3.52. The van der Waals surface area contributed by atoms with Crippen molar-refractivity contribution in [1.29, 1.82) is 0 Å². The minimum absolute atomic E-state index is 0.0857. The molecule has 1 aliphatic rings. The molecule has 3 rings (SSSR count). The fraction of sp³-hybridized carbons (Fsp3) is 0.308. The Morgan fingerprint density at radius 2 is 1.91 bits per heavy atom. The molecule has 1 fully saturated rings. The molecule has 1 aliphatic heterocycles. The predicted molar refractivity (Wildman–Crippen MR) is 84.8 cm³/mol. The second-order valence-electron chi connectivity index (χ2n) is 4.85. The summed E-state index contributed by atoms with van der Waals surface area (Å²) in [5.74, 6) is -0.0857. The summed E-state index contributed by atoms with van der Waals surface area (Å²) < 4.78 is 27.0. The van der Waals surface area contributed by atoms with E-state index in [4.69, 9.17) is 11.6 Å². The van der Waals surface area contributed by atoms with Gasteiger partial charge in [-0.1, -0.05) is 11.6 Å². The number of carbonyl (C=O) groups excluding carboxylic acids is 1. The van der Waals surface area contributed by atoms with Gasteiger partial charge in [0.05, 0.1) is 9.90 Å². The smallest absolute Gasteiger partial charge is 0.255 e. The van der Waals surface area contributed by atoms with Crippen LogP contribution in [0.1, 0.15) is 10.4 Å². The van der Waals surface area contributed by atoms with Crippen LogP contribution in [-0.4, -0.2) is 54.7 Å². The number of aromatic nitrogens is 1. The second-order valence-corrected chi connectivity index (χ2v) is 8.73. The fourth-order valence-corrected chi connectivity index (χ4v) is 5.39. The van der Waals surface area contributed by atoms with Gasteiger partial charge < -0.3 is 9.88 Å². The quantitative estimate of drug-likeness (QED) is 0.909. The summed E-state index contributed by atoms with van der Waals surface area (Å²) in [5.41, 5.74) is 0.585. The number of amides is 1. The summed E-state index contributed by atoms with van der Waals surface area (Å²) in [6.07, 6.45) is 3.33. The van der Waals surface area contributed by atoms with Gasteiger partial charge in [-0.15, -0.1) is 11.3 Å². The lowest BCUT2D eigenvalue weighted by molar-refractivity contribution is 0.0698. The highest BCUT2D eigenvalue weighted by atomic mass is 35.5. The van der Waals surface area contributed by atoms with Gasteiger partial charge in [0.15, 0.2) is 0 Å². The van der Waals surface area contributed by atoms with Crippen LogP contribution in [0.5, 0.6) is 0 Å². The van der Waals surface area contributed by atoms with Crippen molar-refractivity contribution in [2.24, 2.45) is 0 Å². The van der Waals surface area contributed by atoms with Crippen LogP contribution in [-0.2, 0) is 10.0 Å². The maximum absolute atomic E-state index is 12.5. The first-order valence-electron chi connectivity index (χ1n) is 6.66. The van der Waals surface area contributed by atoms with E-state index in [1.165, 1.54) is 10.4 Å². The molecule has 1 saturated heterocycles. The third-order valence-electron chi connectivity index (χ3n) is 3.51. The van der Waals surface area contributed by atoms with Crippen molar-refractivity contribution in [2.75, 3.05) is 26.2 Å². The molecule has 0 radical (unpaired) electrons. The van der Waals surface area contributed by atoms with Gasteiger partial charge >= 0.3 is 0 Å². The number of nitrogens with zero attached hydrogens (tertiary/aromatic N) is 2. The first-order valence-corrected chi connectivity index (χ1v) is 9.29. The van der Waals surface area contributed by atoms with Gasteiger partial charge in [0.25, 0.3) is 15.9 Å². The number of carbonyl (C=O) groups is 1. The van der Waals surface area contributed by atoms with E-state index in [-0.39, 0.29) is 23.2 Å². The summed E-state index contributed by atoms with van der Waals surface area (Å²) in [5, 5.41) is 0. The average Bonchev–Trinajstić information content (AvgIpc) is 3.18. The Morgan fingerprint density at radius 3 is 2.45 bits per heavy atom. The molecule has 0 saturated carbocycles. The first kappa shape index (κ1) is 15.5. The molecule has 1 amide bonds. The highest BCUT2D eigenvalue weighted by Crippen LogP contribution is 2.28. The molecule has 9 heteroatoms. The number of thiophene rings is 1. The third kappa shape index (κ3) is 2.91. The maximum atomic E-state index is 12.5. The van der Waals surface area contributed by atoms with Crippen LogP contribution in [0, 0.1) is 0 Å². The van der Waals surface area contributed by atoms with E-state index >= 15 is 0 Å². The van der Waals surface area contributed by atoms with Crippen molar-refractivity contribution >= 4 is 38.9 Å². The van der Waals surface area contributed by atoms with E-state index in [0.29, 0.717) is 23.0 Å². The lowest BCUT2D eigenvalue weighted by atomic mass is 10.2. The zero-order valence-corrected chi connectivity index (χ0v) is 13.9. The van der Waals surface area contributed by atoms with E-state index in [9.17, 15) is 13.2 Å². The van der Waals surface area contributed by atoms with Gasteiger partial charge in [-0.05, 0) is 18.2 Å². The second kappa shape index (κ2) is 6.04. The number of hydrogen-bond donors (Lipinski definition) is 1. The zero-order chi connectivity index (χ0) is 15.7. The number of halogens is 1. The third-order valence-corrected chi connectivity index (χ3v) is 7.11. The summed E-state index contributed by atoms with van der Waals surface area (Å²) in [6, 6.07) is 4.80. The lowest BCUT2D eigenvalue weighted by Crippen LogP contribution is -2.50. The van der Waals surface area contributed by atoms with Crippen LogP contribution in [0.3, 0.4) is 0 Å². The SMILES string of the molecule is O=C(c1cc[nH]c1)N1CCN(S(=O)(=O)c2ccc(Cl)s2)CC1. The standard InChI is InChI=1S/C13H14ClN3O3S2/c14-11-1-2-12(21-11)22(19,20)17-7-5-16(6-8-17)13(18)10-3-4-15-9-10/h1-4,9,15H,5-8H2. The Balaban J connectivity index is 1.68. The summed E-state index contributed by atoms with van der Waals surface area (Å²) in [4.78, 5) is 16.7. The van der Waals surface area contributed by atoms with E-state index in [2.05, 4.69) is 4.98 Å². The summed E-state index contributed by atoms with van der Waals surface area (Å²) in [7, 11) is -3.52. The topological polar surface area (TPSA) is 73.5 Å². The zero-order valence-electron chi connectivity index (χ0n) is 11.5. The molecule has 1 N–H and O–H groups in total. The summed E-state index contributed by atoms with van der Waals surface area (Å²) in [6.45, 7) is 1.33. The summed E-state index contributed by atoms with van der Waals surface area (Å²) >= 11 is 6.85. The van der Waals surface area contributed by atoms with Crippen LogP contribution in [0.4, 0.5) is 0 Å². The highest BCUT2D eigenvalue weighted by molar-refractivity contribution is 7.91. The normalized spacial score (nSPS) is 16.9. The van der Waals surface area contributed by atoms with Gasteiger partial charge in [0.2, 0.25) is 0 Å². The number of rotatable bonds is 3. The molecule has 3 heterocycles. The van der Waals surface area contributed by atoms with Crippen LogP contribution < -0.4 is 0 Å². The molecule has 0 aliphatic carbocycles. The molecule has 6 nitrogen and oxygen atoms in total. The number of sulfonamides is 1. The Hall–Kier alpha value is -1.35. The number of aromatic amines is 1. The van der Waals surface area contributed by atoms with Gasteiger partial charge in [-0.2, -0.15) is 4.31 Å². The Morgan fingerprint density at radius 1 is 1.18 bits per heavy atom. The molecular weight excluding hydrogens is 346 g/mol. The molecule has 2 aromatic heterocycles. The van der Waals surface area contributed by atoms with Crippen LogP contribution in [0.15, 0.2) is 34.8 Å². The van der Waals surface area contributed by atoms with E-state index in [1.54, 1.807) is 29.4 Å². The monoisotopic (exact) mass is 359 g/mol. The predicted octanol–water partition coefficient (Wildman–Crippen LogP) is 1.88. The van der Waals surface area contributed by atoms with Gasteiger partial charge in [-0.3, -0.25) is 4.79 Å². The number of hydrogen-bond acceptors (Lipinski definition) is 4. The Bertz CT molecular complexity index is 762. The van der Waals surface area contributed by atoms with Gasteiger partial charge in [0.1, 0.15) is 4.21 Å². The number of H-pyrrole nitrogens is 1. The molecule has 2 aromatic rings. The fourth-order valence-electron chi connectivity index (χ4n) is 2.33. The van der Waals surface area contributed by atoms with Gasteiger partial charge in [0, 0.05) is 38.6 Å². The van der Waals surface area contributed by atoms with Crippen molar-refractivity contribution < 1.29 is 13.2 Å². The van der Waals surface area contributed by atoms with E-state index in [1.807, 2.05) is 0 Å². The van der Waals surface area contributed by atoms with Crippen molar-refractivity contribution in [3.63, 3.8) is 0 Å². The molecule has 22 heavy (non-hydrogen) atoms. The van der Waals surface area contributed by atoms with E-state index < -0.39 is 10.0 Å². The molecule has 0 bridgehead atoms. The Kier molecular flexibility index (Phi) is 4.26. The molecule has 118 valence electrons. The van der Waals surface area contributed by atoms with Crippen molar-refractivity contribution in [3.8, 4) is 0 Å². The van der Waals surface area contributed by atoms with Crippen LogP contribution in [0.2, 0.25) is 4.34 Å². The molecular formula is C13H14ClN3O3S2. The van der Waals surface area contributed by atoms with E-state index in [0.717, 1.165) is 11.3 Å². The van der Waals surface area contributed by atoms with Gasteiger partial charge in [-0.25, -0.2) is 8.42 Å². The molecule has 0 aromatic carbocycles. The van der Waals surface area contributed by atoms with Crippen molar-refractivity contribution in [1.82, 2.24) is 14.2 Å².